The van der Waals surface area contributed by atoms with Gasteiger partial charge in [-0.05, 0) is 91.2 Å². The summed E-state index contributed by atoms with van der Waals surface area (Å²) in [6.45, 7) is 4.51. The summed E-state index contributed by atoms with van der Waals surface area (Å²) in [7, 11) is 0. The van der Waals surface area contributed by atoms with Crippen molar-refractivity contribution in [3.8, 4) is 22.3 Å². The molecule has 1 aliphatic carbocycles. The number of hydrogen-bond acceptors (Lipinski definition) is 0. The highest BCUT2D eigenvalue weighted by Crippen LogP contribution is 2.49. The third-order valence-electron chi connectivity index (χ3n) is 6.49. The van der Waals surface area contributed by atoms with E-state index in [0.29, 0.717) is 0 Å². The molecule has 0 amide bonds. The highest BCUT2D eigenvalue weighted by molar-refractivity contribution is 6.20. The van der Waals surface area contributed by atoms with E-state index in [1.807, 2.05) is 0 Å². The van der Waals surface area contributed by atoms with E-state index >= 15 is 0 Å². The predicted octanol–water partition coefficient (Wildman–Crippen LogP) is 8.05. The molecule has 0 bridgehead atoms. The van der Waals surface area contributed by atoms with Gasteiger partial charge < -0.3 is 0 Å². The van der Waals surface area contributed by atoms with Gasteiger partial charge in [-0.3, -0.25) is 0 Å². The summed E-state index contributed by atoms with van der Waals surface area (Å²) in [6, 6.07) is 27.5. The molecule has 5 aromatic carbocycles. The second-order valence-electron chi connectivity index (χ2n) is 8.10. The molecule has 0 aliphatic heterocycles. The van der Waals surface area contributed by atoms with Crippen LogP contribution in [-0.2, 0) is 6.42 Å². The molecule has 0 atom stereocenters. The highest BCUT2D eigenvalue weighted by Gasteiger charge is 2.22. The molecule has 28 heavy (non-hydrogen) atoms. The standard InChI is InChI=1S/C28H22/c1-3-6-20-17(2)11-13-22-21(20)14-12-19-15-26-23-9-4-7-18-8-5-10-24(28(18)23)27(26)16-25(19)22/h4-5,7-16H,3,6H2,1-2H3. The lowest BCUT2D eigenvalue weighted by Gasteiger charge is -2.13. The molecule has 134 valence electrons. The molecule has 0 spiro atoms. The Morgan fingerprint density at radius 2 is 1.32 bits per heavy atom. The summed E-state index contributed by atoms with van der Waals surface area (Å²) in [5.74, 6) is 0. The van der Waals surface area contributed by atoms with Crippen molar-refractivity contribution in [1.82, 2.24) is 0 Å². The zero-order valence-electron chi connectivity index (χ0n) is 16.3. The first-order chi connectivity index (χ1) is 13.8. The van der Waals surface area contributed by atoms with Crippen molar-refractivity contribution in [2.24, 2.45) is 0 Å². The molecule has 1 aliphatic rings. The molecule has 0 heterocycles. The van der Waals surface area contributed by atoms with E-state index in [1.54, 1.807) is 0 Å². The van der Waals surface area contributed by atoms with E-state index in [2.05, 4.69) is 86.6 Å². The van der Waals surface area contributed by atoms with Gasteiger partial charge in [0, 0.05) is 0 Å². The van der Waals surface area contributed by atoms with Gasteiger partial charge in [0.15, 0.2) is 0 Å². The minimum atomic E-state index is 1.14. The first-order valence-electron chi connectivity index (χ1n) is 10.3. The van der Waals surface area contributed by atoms with Gasteiger partial charge in [0.25, 0.3) is 0 Å². The van der Waals surface area contributed by atoms with Gasteiger partial charge >= 0.3 is 0 Å². The van der Waals surface area contributed by atoms with E-state index in [-0.39, 0.29) is 0 Å². The first kappa shape index (κ1) is 15.9. The van der Waals surface area contributed by atoms with Crippen molar-refractivity contribution in [3.05, 3.63) is 83.9 Å². The molecule has 0 unspecified atom stereocenters. The fourth-order valence-corrected chi connectivity index (χ4v) is 5.18. The number of fused-ring (bicyclic) bond motifs is 6. The monoisotopic (exact) mass is 358 g/mol. The van der Waals surface area contributed by atoms with Gasteiger partial charge in [0.05, 0.1) is 0 Å². The summed E-state index contributed by atoms with van der Waals surface area (Å²) in [4.78, 5) is 0. The zero-order chi connectivity index (χ0) is 18.8. The minimum absolute atomic E-state index is 1.14. The second kappa shape index (κ2) is 5.69. The molecule has 0 saturated carbocycles. The average molecular weight is 358 g/mol. The van der Waals surface area contributed by atoms with Gasteiger partial charge in [-0.25, -0.2) is 0 Å². The van der Waals surface area contributed by atoms with Gasteiger partial charge in [-0.15, -0.1) is 0 Å². The predicted molar refractivity (Wildman–Crippen MR) is 122 cm³/mol. The lowest BCUT2D eigenvalue weighted by molar-refractivity contribution is 0.921. The van der Waals surface area contributed by atoms with Gasteiger partial charge in [-0.1, -0.05) is 74.0 Å². The van der Waals surface area contributed by atoms with Crippen LogP contribution in [0.25, 0.3) is 54.6 Å². The molecule has 0 fully saturated rings. The third-order valence-corrected chi connectivity index (χ3v) is 6.49. The van der Waals surface area contributed by atoms with Crippen LogP contribution in [0.5, 0.6) is 0 Å². The Bertz CT molecular complexity index is 1410. The molecule has 6 rings (SSSR count). The lowest BCUT2D eigenvalue weighted by Crippen LogP contribution is -1.92. The van der Waals surface area contributed by atoms with Crippen LogP contribution in [0.2, 0.25) is 0 Å². The number of rotatable bonds is 2. The molecule has 0 N–H and O–H groups in total. The van der Waals surface area contributed by atoms with E-state index in [4.69, 9.17) is 0 Å². The molecule has 0 nitrogen and oxygen atoms in total. The molecule has 0 aromatic heterocycles. The number of aryl methyl sites for hydroxylation is 2. The Hall–Kier alpha value is -3.12. The smallest absolute Gasteiger partial charge is 0.00264 e. The summed E-state index contributed by atoms with van der Waals surface area (Å²) < 4.78 is 0. The Labute approximate surface area is 165 Å². The maximum atomic E-state index is 2.44. The van der Waals surface area contributed by atoms with Gasteiger partial charge in [-0.2, -0.15) is 0 Å². The van der Waals surface area contributed by atoms with Crippen LogP contribution in [0.4, 0.5) is 0 Å². The van der Waals surface area contributed by atoms with Crippen molar-refractivity contribution in [2.45, 2.75) is 26.7 Å². The molecule has 5 aromatic rings. The summed E-state index contributed by atoms with van der Waals surface area (Å²) in [5.41, 5.74) is 8.42. The maximum absolute atomic E-state index is 2.44. The van der Waals surface area contributed by atoms with E-state index < -0.39 is 0 Å². The third kappa shape index (κ3) is 2.01. The van der Waals surface area contributed by atoms with Crippen LogP contribution in [0, 0.1) is 6.92 Å². The van der Waals surface area contributed by atoms with Crippen molar-refractivity contribution < 1.29 is 0 Å². The normalized spacial score (nSPS) is 12.2. The highest BCUT2D eigenvalue weighted by atomic mass is 14.2. The van der Waals surface area contributed by atoms with Crippen LogP contribution in [0.3, 0.4) is 0 Å². The molecule has 0 heteroatoms. The van der Waals surface area contributed by atoms with Crippen molar-refractivity contribution >= 4 is 32.3 Å². The van der Waals surface area contributed by atoms with Crippen LogP contribution >= 0.6 is 0 Å². The van der Waals surface area contributed by atoms with E-state index in [1.165, 1.54) is 72.1 Å². The Morgan fingerprint density at radius 3 is 2.07 bits per heavy atom. The number of hydrogen-bond donors (Lipinski definition) is 0. The van der Waals surface area contributed by atoms with Gasteiger partial charge in [0.2, 0.25) is 0 Å². The maximum Gasteiger partial charge on any atom is -0.00264 e. The first-order valence-corrected chi connectivity index (χ1v) is 10.3. The molecule has 0 radical (unpaired) electrons. The largest absolute Gasteiger partial charge is 0.0651 e. The van der Waals surface area contributed by atoms with Crippen LogP contribution in [0.15, 0.2) is 72.8 Å². The van der Waals surface area contributed by atoms with Gasteiger partial charge in [0.1, 0.15) is 0 Å². The SMILES string of the molecule is CCCc1c(C)ccc2c1ccc1cc3c(cc12)-c1cccc2cccc-3c12. The van der Waals surface area contributed by atoms with Crippen LogP contribution in [-0.4, -0.2) is 0 Å². The van der Waals surface area contributed by atoms with E-state index in [9.17, 15) is 0 Å². The van der Waals surface area contributed by atoms with Crippen molar-refractivity contribution in [1.29, 1.82) is 0 Å². The fourth-order valence-electron chi connectivity index (χ4n) is 5.18. The quantitative estimate of drug-likeness (QED) is 0.275. The van der Waals surface area contributed by atoms with Crippen molar-refractivity contribution in [3.63, 3.8) is 0 Å². The topological polar surface area (TPSA) is 0 Å². The fraction of sp³-hybridized carbons (Fsp3) is 0.143. The molecule has 0 saturated heterocycles. The van der Waals surface area contributed by atoms with Crippen LogP contribution < -0.4 is 0 Å². The zero-order valence-corrected chi connectivity index (χ0v) is 16.3. The Morgan fingerprint density at radius 1 is 0.607 bits per heavy atom. The molecular formula is C28H22. The average Bonchev–Trinajstić information content (AvgIpc) is 3.04. The summed E-state index contributed by atoms with van der Waals surface area (Å²) in [6.07, 6.45) is 2.32. The summed E-state index contributed by atoms with van der Waals surface area (Å²) >= 11 is 0. The Kier molecular flexibility index (Phi) is 3.23. The second-order valence-corrected chi connectivity index (χ2v) is 8.10. The number of benzene rings is 5. The van der Waals surface area contributed by atoms with E-state index in [0.717, 1.165) is 6.42 Å². The Balaban J connectivity index is 1.73. The lowest BCUT2D eigenvalue weighted by atomic mass is 9.91. The molecular weight excluding hydrogens is 336 g/mol. The minimum Gasteiger partial charge on any atom is -0.0651 e. The summed E-state index contributed by atoms with van der Waals surface area (Å²) in [5, 5.41) is 8.25. The van der Waals surface area contributed by atoms with Crippen LogP contribution in [0.1, 0.15) is 24.5 Å². The van der Waals surface area contributed by atoms with Crippen molar-refractivity contribution in [2.75, 3.05) is 0 Å².